The number of halogens is 1. The topological polar surface area (TPSA) is 55.8 Å². The molecule has 0 radical (unpaired) electrons. The summed E-state index contributed by atoms with van der Waals surface area (Å²) in [7, 11) is -2.37. The van der Waals surface area contributed by atoms with E-state index in [0.717, 1.165) is 0 Å². The summed E-state index contributed by atoms with van der Waals surface area (Å²) in [6.07, 6.45) is -0.0601. The Morgan fingerprint density at radius 1 is 0.775 bits per heavy atom. The second-order valence-corrected chi connectivity index (χ2v) is 14.2. The lowest BCUT2D eigenvalue weighted by Crippen LogP contribution is -3.00. The van der Waals surface area contributed by atoms with Crippen LogP contribution >= 0.6 is 7.26 Å². The molecular formula is C33H33BrNO4P. The van der Waals surface area contributed by atoms with Gasteiger partial charge in [-0.1, -0.05) is 60.7 Å². The molecule has 206 valence electrons. The van der Waals surface area contributed by atoms with Crippen LogP contribution in [0.25, 0.3) is 0 Å². The molecule has 0 aliphatic carbocycles. The summed E-state index contributed by atoms with van der Waals surface area (Å²) in [5, 5.41) is 3.55. The lowest BCUT2D eigenvalue weighted by atomic mass is 10.2. The van der Waals surface area contributed by atoms with Gasteiger partial charge in [0.25, 0.3) is 5.91 Å². The molecule has 1 amide bonds. The van der Waals surface area contributed by atoms with Crippen LogP contribution in [0.15, 0.2) is 115 Å². The number of amides is 1. The first-order chi connectivity index (χ1) is 18.8. The van der Waals surface area contributed by atoms with E-state index in [4.69, 9.17) is 9.47 Å². The van der Waals surface area contributed by atoms with Crippen molar-refractivity contribution in [2.24, 2.45) is 0 Å². The maximum atomic E-state index is 14.4. The molecule has 0 N–H and O–H groups in total. The van der Waals surface area contributed by atoms with Crippen LogP contribution in [0.5, 0.6) is 5.75 Å². The van der Waals surface area contributed by atoms with Crippen LogP contribution in [0.4, 0.5) is 10.5 Å². The average Bonchev–Trinajstić information content (AvgIpc) is 3.31. The Bertz CT molecular complexity index is 1350. The van der Waals surface area contributed by atoms with Gasteiger partial charge in [-0.05, 0) is 69.3 Å². The first-order valence-corrected chi connectivity index (χ1v) is 15.0. The van der Waals surface area contributed by atoms with Gasteiger partial charge in [0, 0.05) is 24.7 Å². The first kappa shape index (κ1) is 29.5. The normalized spacial score (nSPS) is 15.3. The zero-order chi connectivity index (χ0) is 27.5. The molecule has 4 aromatic carbocycles. The fourth-order valence-electron chi connectivity index (χ4n) is 5.34. The van der Waals surface area contributed by atoms with Crippen molar-refractivity contribution in [3.05, 3.63) is 115 Å². The van der Waals surface area contributed by atoms with Crippen LogP contribution < -0.4 is 42.5 Å². The van der Waals surface area contributed by atoms with E-state index < -0.39 is 19.0 Å². The number of ether oxygens (including phenoxy) is 2. The summed E-state index contributed by atoms with van der Waals surface area (Å²) in [5.74, 6) is 0.419. The van der Waals surface area contributed by atoms with Crippen molar-refractivity contribution in [3.8, 4) is 5.75 Å². The molecule has 1 fully saturated rings. The average molecular weight is 619 g/mol. The molecular weight excluding hydrogens is 585 g/mol. The van der Waals surface area contributed by atoms with Gasteiger partial charge in [0.15, 0.2) is 5.66 Å². The van der Waals surface area contributed by atoms with Crippen LogP contribution in [0.1, 0.15) is 27.2 Å². The summed E-state index contributed by atoms with van der Waals surface area (Å²) >= 11 is 0. The van der Waals surface area contributed by atoms with Gasteiger partial charge in [0.05, 0.1) is 0 Å². The molecule has 0 aromatic heterocycles. The number of hydrogen-bond acceptors (Lipinski definition) is 4. The van der Waals surface area contributed by atoms with Gasteiger partial charge in [0.1, 0.15) is 34.5 Å². The van der Waals surface area contributed by atoms with E-state index in [1.165, 1.54) is 15.9 Å². The Morgan fingerprint density at radius 3 is 1.75 bits per heavy atom. The summed E-state index contributed by atoms with van der Waals surface area (Å²) in [6, 6.07) is 38.5. The maximum Gasteiger partial charge on any atom is 0.514 e. The van der Waals surface area contributed by atoms with Crippen LogP contribution in [0.2, 0.25) is 0 Å². The zero-order valence-electron chi connectivity index (χ0n) is 22.9. The van der Waals surface area contributed by atoms with Gasteiger partial charge in [-0.25, -0.2) is 4.79 Å². The summed E-state index contributed by atoms with van der Waals surface area (Å²) < 4.78 is 10.7. The van der Waals surface area contributed by atoms with Crippen molar-refractivity contribution in [2.75, 3.05) is 11.4 Å². The smallest absolute Gasteiger partial charge is 0.514 e. The minimum atomic E-state index is -2.37. The van der Waals surface area contributed by atoms with Crippen LogP contribution in [-0.4, -0.2) is 29.9 Å². The number of hydrogen-bond donors (Lipinski definition) is 0. The van der Waals surface area contributed by atoms with Gasteiger partial charge in [-0.15, -0.1) is 0 Å². The Labute approximate surface area is 247 Å². The van der Waals surface area contributed by atoms with E-state index in [1.54, 1.807) is 39.0 Å². The minimum Gasteiger partial charge on any atom is -1.00 e. The van der Waals surface area contributed by atoms with E-state index in [9.17, 15) is 9.59 Å². The van der Waals surface area contributed by atoms with Crippen LogP contribution in [0, 0.1) is 0 Å². The predicted octanol–water partition coefficient (Wildman–Crippen LogP) is 3.10. The molecule has 7 heteroatoms. The summed E-state index contributed by atoms with van der Waals surface area (Å²) in [4.78, 5) is 28.5. The van der Waals surface area contributed by atoms with E-state index in [0.29, 0.717) is 24.4 Å². The highest BCUT2D eigenvalue weighted by Gasteiger charge is 2.58. The highest BCUT2D eigenvalue weighted by molar-refractivity contribution is 7.97. The van der Waals surface area contributed by atoms with Crippen molar-refractivity contribution >= 4 is 40.9 Å². The van der Waals surface area contributed by atoms with Crippen molar-refractivity contribution in [1.82, 2.24) is 0 Å². The molecule has 1 saturated heterocycles. The third-order valence-corrected chi connectivity index (χ3v) is 11.6. The number of rotatable bonds is 6. The standard InChI is InChI=1S/C33H33NO4P.BrH/c1-33(2,3)38-32(36)37-26-15-13-14-25(24-26)34-23-22-30(31(34)35)39(27-16-7-4-8-17-27,28-18-9-5-10-19-28)29-20-11-6-12-21-29;/h4-21,24,30H,22-23H2,1-3H3;1H/q+1;/p-1/t30-;/m1./s1. The van der Waals surface area contributed by atoms with E-state index in [2.05, 4.69) is 72.8 Å². The Kier molecular flexibility index (Phi) is 9.12. The third-order valence-electron chi connectivity index (χ3n) is 6.86. The molecule has 40 heavy (non-hydrogen) atoms. The second-order valence-electron chi connectivity index (χ2n) is 10.6. The van der Waals surface area contributed by atoms with Crippen LogP contribution in [-0.2, 0) is 9.53 Å². The molecule has 0 spiro atoms. The SMILES string of the molecule is CC(C)(C)OC(=O)Oc1cccc(N2CC[C@@H]([P+](c3ccccc3)(c3ccccc3)c3ccccc3)C2=O)c1.[Br-]. The number of nitrogens with zero attached hydrogens (tertiary/aromatic N) is 1. The molecule has 5 nitrogen and oxygen atoms in total. The van der Waals surface area contributed by atoms with E-state index in [-0.39, 0.29) is 28.5 Å². The Balaban J connectivity index is 0.00000370. The van der Waals surface area contributed by atoms with E-state index in [1.807, 2.05) is 29.2 Å². The Morgan fingerprint density at radius 2 is 1.27 bits per heavy atom. The van der Waals surface area contributed by atoms with Crippen LogP contribution in [0.3, 0.4) is 0 Å². The summed E-state index contributed by atoms with van der Waals surface area (Å²) in [5.41, 5.74) is -0.192. The Hall–Kier alpha value is -3.47. The highest BCUT2D eigenvalue weighted by atomic mass is 79.9. The molecule has 5 rings (SSSR count). The van der Waals surface area contributed by atoms with Gasteiger partial charge in [0.2, 0.25) is 0 Å². The zero-order valence-corrected chi connectivity index (χ0v) is 25.3. The van der Waals surface area contributed by atoms with Crippen molar-refractivity contribution < 1.29 is 36.0 Å². The number of benzene rings is 4. The third kappa shape index (κ3) is 5.99. The van der Waals surface area contributed by atoms with Crippen molar-refractivity contribution in [3.63, 3.8) is 0 Å². The highest BCUT2D eigenvalue weighted by Crippen LogP contribution is 2.62. The minimum absolute atomic E-state index is 0. The molecule has 0 saturated carbocycles. The quantitative estimate of drug-likeness (QED) is 0.190. The molecule has 4 aromatic rings. The summed E-state index contributed by atoms with van der Waals surface area (Å²) in [6.45, 7) is 5.94. The number of anilines is 1. The fourth-order valence-corrected chi connectivity index (χ4v) is 10.2. The molecule has 0 bridgehead atoms. The monoisotopic (exact) mass is 617 g/mol. The lowest BCUT2D eigenvalue weighted by molar-refractivity contribution is -0.116. The molecule has 1 atom stereocenters. The maximum absolute atomic E-state index is 14.4. The van der Waals surface area contributed by atoms with Crippen molar-refractivity contribution in [2.45, 2.75) is 38.5 Å². The van der Waals surface area contributed by atoms with Crippen molar-refractivity contribution in [1.29, 1.82) is 0 Å². The molecule has 1 heterocycles. The molecule has 1 aliphatic heterocycles. The fraction of sp³-hybridized carbons (Fsp3) is 0.212. The van der Waals surface area contributed by atoms with Gasteiger partial charge >= 0.3 is 6.16 Å². The number of carbonyl (C=O) groups excluding carboxylic acids is 2. The van der Waals surface area contributed by atoms with Gasteiger partial charge < -0.3 is 31.4 Å². The lowest BCUT2D eigenvalue weighted by Gasteiger charge is -2.32. The van der Waals surface area contributed by atoms with E-state index >= 15 is 0 Å². The van der Waals surface area contributed by atoms with Gasteiger partial charge in [-0.3, -0.25) is 4.79 Å². The predicted molar refractivity (Wildman–Crippen MR) is 159 cm³/mol. The van der Waals surface area contributed by atoms with Gasteiger partial charge in [-0.2, -0.15) is 0 Å². The molecule has 0 unspecified atom stereocenters. The number of carbonyl (C=O) groups is 2. The largest absolute Gasteiger partial charge is 1.00 e. The molecule has 1 aliphatic rings. The second kappa shape index (κ2) is 12.4. The first-order valence-electron chi connectivity index (χ1n) is 13.2.